The first-order valence-corrected chi connectivity index (χ1v) is 21.4. The summed E-state index contributed by atoms with van der Waals surface area (Å²) < 4.78 is 13.5. The van der Waals surface area contributed by atoms with Crippen molar-refractivity contribution in [2.45, 2.75) is 270 Å². The maximum absolute atomic E-state index is 6.77. The maximum Gasteiger partial charge on any atom is 0.489 e. The molecule has 0 amide bonds. The molecular formula is C42H84BO2. The molecule has 0 aromatic heterocycles. The van der Waals surface area contributed by atoms with E-state index in [4.69, 9.17) is 9.31 Å². The van der Waals surface area contributed by atoms with Crippen LogP contribution in [0.3, 0.4) is 0 Å². The standard InChI is InChI=1S/C42H84BO2/c1-5-9-13-17-21-25-29-33-37-41(38-34-30-26-22-18-14-10-6-2)42(45-43-44-41,39-35-31-27-23-19-15-11-7-3)40-36-32-28-24-20-16-12-8-4/h5-40H2,1-4H3. The van der Waals surface area contributed by atoms with Crippen molar-refractivity contribution >= 4 is 7.69 Å². The van der Waals surface area contributed by atoms with E-state index in [1.54, 1.807) is 0 Å². The average Bonchev–Trinajstić information content (AvgIpc) is 3.39. The normalized spacial score (nSPS) is 15.6. The molecule has 1 saturated heterocycles. The van der Waals surface area contributed by atoms with Crippen molar-refractivity contribution in [2.75, 3.05) is 0 Å². The van der Waals surface area contributed by atoms with Crippen molar-refractivity contribution in [3.63, 3.8) is 0 Å². The first-order valence-electron chi connectivity index (χ1n) is 21.4. The van der Waals surface area contributed by atoms with Crippen LogP contribution in [-0.4, -0.2) is 18.9 Å². The van der Waals surface area contributed by atoms with E-state index in [1.807, 2.05) is 7.69 Å². The molecule has 1 rings (SSSR count). The molecule has 0 bridgehead atoms. The Balaban J connectivity index is 2.81. The summed E-state index contributed by atoms with van der Waals surface area (Å²) >= 11 is 0. The van der Waals surface area contributed by atoms with Crippen LogP contribution in [0, 0.1) is 0 Å². The Morgan fingerprint density at radius 2 is 0.444 bits per heavy atom. The van der Waals surface area contributed by atoms with E-state index in [9.17, 15) is 0 Å². The SMILES string of the molecule is CCCCCCCCCCC1(CCCCCCCCCC)O[B]OC1(CCCCCCCCCC)CCCCCCCCCC. The molecule has 45 heavy (non-hydrogen) atoms. The lowest BCUT2D eigenvalue weighted by atomic mass is 9.70. The monoisotopic (exact) mass is 632 g/mol. The molecule has 0 unspecified atom stereocenters. The lowest BCUT2D eigenvalue weighted by Crippen LogP contribution is -2.52. The summed E-state index contributed by atoms with van der Waals surface area (Å²) in [6, 6.07) is 0. The van der Waals surface area contributed by atoms with Crippen LogP contribution in [-0.2, 0) is 9.31 Å². The molecule has 1 fully saturated rings. The molecule has 1 aliphatic heterocycles. The Labute approximate surface area is 286 Å². The third-order valence-electron chi connectivity index (χ3n) is 11.1. The van der Waals surface area contributed by atoms with Crippen LogP contribution >= 0.6 is 0 Å². The molecule has 0 aromatic carbocycles. The second-order valence-electron chi connectivity index (χ2n) is 15.2. The van der Waals surface area contributed by atoms with Gasteiger partial charge in [-0.15, -0.1) is 0 Å². The van der Waals surface area contributed by atoms with Gasteiger partial charge in [-0.2, -0.15) is 0 Å². The van der Waals surface area contributed by atoms with Crippen molar-refractivity contribution in [2.24, 2.45) is 0 Å². The van der Waals surface area contributed by atoms with E-state index in [1.165, 1.54) is 231 Å². The second kappa shape index (κ2) is 31.3. The van der Waals surface area contributed by atoms with E-state index >= 15 is 0 Å². The molecule has 0 spiro atoms. The fourth-order valence-electron chi connectivity index (χ4n) is 8.00. The molecule has 0 saturated carbocycles. The summed E-state index contributed by atoms with van der Waals surface area (Å²) in [4.78, 5) is 0. The zero-order valence-electron chi connectivity index (χ0n) is 31.8. The number of rotatable bonds is 36. The number of hydrogen-bond donors (Lipinski definition) is 0. The highest BCUT2D eigenvalue weighted by Gasteiger charge is 2.55. The minimum absolute atomic E-state index is 0.0975. The summed E-state index contributed by atoms with van der Waals surface area (Å²) in [5.74, 6) is 0. The highest BCUT2D eigenvalue weighted by atomic mass is 16.7. The van der Waals surface area contributed by atoms with Gasteiger partial charge in [-0.1, -0.05) is 233 Å². The van der Waals surface area contributed by atoms with Crippen LogP contribution in [0.5, 0.6) is 0 Å². The Bertz CT molecular complexity index is 503. The predicted molar refractivity (Wildman–Crippen MR) is 202 cm³/mol. The summed E-state index contributed by atoms with van der Waals surface area (Å²) in [6.07, 6.45) is 49.0. The van der Waals surface area contributed by atoms with Gasteiger partial charge in [0.15, 0.2) is 0 Å². The quantitative estimate of drug-likeness (QED) is 0.0506. The van der Waals surface area contributed by atoms with Gasteiger partial charge in [0.05, 0.1) is 11.2 Å². The largest absolute Gasteiger partial charge is 0.489 e. The van der Waals surface area contributed by atoms with Gasteiger partial charge in [-0.05, 0) is 25.7 Å². The Kier molecular flexibility index (Phi) is 29.9. The van der Waals surface area contributed by atoms with Gasteiger partial charge >= 0.3 is 7.69 Å². The molecule has 3 heteroatoms. The van der Waals surface area contributed by atoms with Crippen LogP contribution in [0.2, 0.25) is 0 Å². The topological polar surface area (TPSA) is 18.5 Å². The second-order valence-corrected chi connectivity index (χ2v) is 15.2. The third kappa shape index (κ3) is 20.8. The molecule has 1 radical (unpaired) electrons. The molecule has 0 N–H and O–H groups in total. The lowest BCUT2D eigenvalue weighted by Gasteiger charge is -2.46. The minimum Gasteiger partial charge on any atom is -0.405 e. The molecular weight excluding hydrogens is 547 g/mol. The predicted octanol–water partition coefficient (Wildman–Crippen LogP) is 15.2. The zero-order valence-corrected chi connectivity index (χ0v) is 31.8. The van der Waals surface area contributed by atoms with Gasteiger partial charge in [0.1, 0.15) is 0 Å². The third-order valence-corrected chi connectivity index (χ3v) is 11.1. The Hall–Kier alpha value is -0.0151. The van der Waals surface area contributed by atoms with Gasteiger partial charge in [0.2, 0.25) is 0 Å². The first-order chi connectivity index (χ1) is 22.2. The molecule has 2 nitrogen and oxygen atoms in total. The van der Waals surface area contributed by atoms with E-state index in [-0.39, 0.29) is 11.2 Å². The maximum atomic E-state index is 6.77. The fourth-order valence-corrected chi connectivity index (χ4v) is 8.00. The Morgan fingerprint density at radius 3 is 0.644 bits per heavy atom. The lowest BCUT2D eigenvalue weighted by molar-refractivity contribution is -0.0770. The van der Waals surface area contributed by atoms with Crippen molar-refractivity contribution in [3.8, 4) is 0 Å². The van der Waals surface area contributed by atoms with E-state index in [0.717, 1.165) is 0 Å². The van der Waals surface area contributed by atoms with E-state index in [0.29, 0.717) is 0 Å². The summed E-state index contributed by atoms with van der Waals surface area (Å²) in [5, 5.41) is 0. The highest BCUT2D eigenvalue weighted by Crippen LogP contribution is 2.49. The van der Waals surface area contributed by atoms with Gasteiger partial charge in [0.25, 0.3) is 0 Å². The zero-order chi connectivity index (χ0) is 32.6. The molecule has 267 valence electrons. The smallest absolute Gasteiger partial charge is 0.405 e. The molecule has 0 aromatic rings. The molecule has 1 heterocycles. The van der Waals surface area contributed by atoms with Crippen LogP contribution in [0.4, 0.5) is 0 Å². The Morgan fingerprint density at radius 1 is 0.267 bits per heavy atom. The fraction of sp³-hybridized carbons (Fsp3) is 1.00. The number of hydrogen-bond acceptors (Lipinski definition) is 2. The van der Waals surface area contributed by atoms with E-state index in [2.05, 4.69) is 27.7 Å². The van der Waals surface area contributed by atoms with Gasteiger partial charge in [0, 0.05) is 0 Å². The minimum atomic E-state index is -0.0975. The first kappa shape index (κ1) is 43.0. The van der Waals surface area contributed by atoms with Gasteiger partial charge in [-0.3, -0.25) is 0 Å². The van der Waals surface area contributed by atoms with Gasteiger partial charge in [-0.25, -0.2) is 0 Å². The van der Waals surface area contributed by atoms with Gasteiger partial charge < -0.3 is 9.31 Å². The van der Waals surface area contributed by atoms with Crippen LogP contribution in [0.15, 0.2) is 0 Å². The summed E-state index contributed by atoms with van der Waals surface area (Å²) in [6.45, 7) is 9.28. The number of unbranched alkanes of at least 4 members (excludes halogenated alkanes) is 28. The van der Waals surface area contributed by atoms with Crippen molar-refractivity contribution in [3.05, 3.63) is 0 Å². The van der Waals surface area contributed by atoms with Crippen molar-refractivity contribution in [1.82, 2.24) is 0 Å². The van der Waals surface area contributed by atoms with Crippen LogP contribution < -0.4 is 0 Å². The van der Waals surface area contributed by atoms with Crippen molar-refractivity contribution in [1.29, 1.82) is 0 Å². The average molecular weight is 632 g/mol. The molecule has 0 aliphatic carbocycles. The summed E-state index contributed by atoms with van der Waals surface area (Å²) in [5.41, 5.74) is -0.195. The summed E-state index contributed by atoms with van der Waals surface area (Å²) in [7, 11) is 1.82. The van der Waals surface area contributed by atoms with Crippen LogP contribution in [0.25, 0.3) is 0 Å². The van der Waals surface area contributed by atoms with Crippen LogP contribution in [0.1, 0.15) is 259 Å². The van der Waals surface area contributed by atoms with E-state index < -0.39 is 0 Å². The highest BCUT2D eigenvalue weighted by molar-refractivity contribution is 6.19. The molecule has 0 atom stereocenters. The van der Waals surface area contributed by atoms with Crippen molar-refractivity contribution < 1.29 is 9.31 Å². The molecule has 1 aliphatic rings.